The maximum absolute atomic E-state index is 11.5. The van der Waals surface area contributed by atoms with E-state index in [4.69, 9.17) is 18.6 Å². The summed E-state index contributed by atoms with van der Waals surface area (Å²) in [5.74, 6) is 0.814. The number of aldehydes is 1. The number of benzene rings is 2. The summed E-state index contributed by atoms with van der Waals surface area (Å²) in [6, 6.07) is 18.0. The molecule has 0 N–H and O–H groups in total. The van der Waals surface area contributed by atoms with Crippen molar-refractivity contribution < 1.29 is 23.4 Å². The normalized spacial score (nSPS) is 14.9. The predicted octanol–water partition coefficient (Wildman–Crippen LogP) is 6.56. The fourth-order valence-corrected chi connectivity index (χ4v) is 4.76. The highest BCUT2D eigenvalue weighted by molar-refractivity contribution is 6.74. The number of hydrogen-bond acceptors (Lipinski definition) is 5. The quantitative estimate of drug-likeness (QED) is 0.224. The minimum atomic E-state index is -2.04. The largest absolute Gasteiger partial charge is 0.497 e. The molecule has 5 nitrogen and oxygen atoms in total. The number of carbonyl (C=O) groups excluding carboxylic acids is 1. The number of rotatable bonds is 14. The average molecular weight is 487 g/mol. The molecule has 0 unspecified atom stereocenters. The maximum Gasteiger partial charge on any atom is 0.192 e. The molecule has 2 aromatic rings. The van der Waals surface area contributed by atoms with Gasteiger partial charge in [-0.1, -0.05) is 63.2 Å². The molecule has 34 heavy (non-hydrogen) atoms. The molecule has 0 spiro atoms. The van der Waals surface area contributed by atoms with Crippen molar-refractivity contribution in [2.45, 2.75) is 90.2 Å². The van der Waals surface area contributed by atoms with Crippen LogP contribution in [-0.2, 0) is 31.9 Å². The van der Waals surface area contributed by atoms with Crippen molar-refractivity contribution in [2.24, 2.45) is 0 Å². The van der Waals surface area contributed by atoms with Crippen molar-refractivity contribution in [2.75, 3.05) is 7.11 Å². The van der Waals surface area contributed by atoms with Crippen LogP contribution in [-0.4, -0.2) is 40.0 Å². The van der Waals surface area contributed by atoms with Crippen LogP contribution in [0.15, 0.2) is 54.6 Å². The molecule has 0 aliphatic heterocycles. The van der Waals surface area contributed by atoms with E-state index in [1.165, 1.54) is 0 Å². The van der Waals surface area contributed by atoms with Crippen LogP contribution < -0.4 is 4.74 Å². The zero-order valence-electron chi connectivity index (χ0n) is 21.9. The van der Waals surface area contributed by atoms with Crippen molar-refractivity contribution in [3.63, 3.8) is 0 Å². The molecule has 0 heterocycles. The lowest BCUT2D eigenvalue weighted by atomic mass is 10.1. The lowest BCUT2D eigenvalue weighted by Gasteiger charge is -2.40. The van der Waals surface area contributed by atoms with Crippen molar-refractivity contribution in [1.82, 2.24) is 0 Å². The zero-order valence-corrected chi connectivity index (χ0v) is 22.9. The Balaban J connectivity index is 2.13. The summed E-state index contributed by atoms with van der Waals surface area (Å²) in [4.78, 5) is 11.5. The van der Waals surface area contributed by atoms with E-state index >= 15 is 0 Å². The van der Waals surface area contributed by atoms with E-state index in [0.29, 0.717) is 26.1 Å². The minimum absolute atomic E-state index is 0.0585. The van der Waals surface area contributed by atoms with E-state index in [9.17, 15) is 4.79 Å². The minimum Gasteiger partial charge on any atom is -0.497 e. The molecule has 2 aromatic carbocycles. The molecule has 0 saturated carbocycles. The standard InChI is InChI=1S/C28H42O5Si/c1-22(31-20-23-11-9-8-10-12-23)27(32-21-24-13-15-25(30-5)16-14-24)19-26(17-18-29)33-34(6,7)28(2,3)4/h8-16,18,22,26-27H,17,19-21H2,1-7H3/t22-,26-,27-/m1/s1. The predicted molar refractivity (Wildman–Crippen MR) is 140 cm³/mol. The lowest BCUT2D eigenvalue weighted by molar-refractivity contribution is -0.112. The fourth-order valence-electron chi connectivity index (χ4n) is 3.38. The Morgan fingerprint density at radius 1 is 0.912 bits per heavy atom. The van der Waals surface area contributed by atoms with E-state index in [1.807, 2.05) is 49.4 Å². The molecule has 2 rings (SSSR count). The van der Waals surface area contributed by atoms with Gasteiger partial charge in [-0.15, -0.1) is 0 Å². The van der Waals surface area contributed by atoms with Crippen LogP contribution in [0.1, 0.15) is 51.7 Å². The summed E-state index contributed by atoms with van der Waals surface area (Å²) in [6.07, 6.45) is 1.30. The second-order valence-corrected chi connectivity index (χ2v) is 15.1. The molecule has 0 fully saturated rings. The van der Waals surface area contributed by atoms with E-state index in [-0.39, 0.29) is 23.4 Å². The third-order valence-corrected chi connectivity index (χ3v) is 11.2. The zero-order chi connectivity index (χ0) is 25.2. The first-order chi connectivity index (χ1) is 16.1. The summed E-state index contributed by atoms with van der Waals surface area (Å²) >= 11 is 0. The van der Waals surface area contributed by atoms with Crippen LogP contribution in [0.3, 0.4) is 0 Å². The van der Waals surface area contributed by atoms with Gasteiger partial charge in [-0.3, -0.25) is 0 Å². The van der Waals surface area contributed by atoms with E-state index in [1.54, 1.807) is 7.11 Å². The Bertz CT molecular complexity index is 845. The second-order valence-electron chi connectivity index (χ2n) is 10.3. The number of methoxy groups -OCH3 is 1. The van der Waals surface area contributed by atoms with Crippen LogP contribution in [0.5, 0.6) is 5.75 Å². The third-order valence-electron chi connectivity index (χ3n) is 6.62. The van der Waals surface area contributed by atoms with E-state index in [0.717, 1.165) is 23.2 Å². The average Bonchev–Trinajstić information content (AvgIpc) is 2.80. The van der Waals surface area contributed by atoms with Gasteiger partial charge in [0.25, 0.3) is 0 Å². The molecule has 0 saturated heterocycles. The van der Waals surface area contributed by atoms with Crippen molar-refractivity contribution >= 4 is 14.6 Å². The Hall–Kier alpha value is -1.99. The van der Waals surface area contributed by atoms with Gasteiger partial charge in [0.2, 0.25) is 0 Å². The van der Waals surface area contributed by atoms with Crippen LogP contribution in [0.4, 0.5) is 0 Å². The number of ether oxygens (including phenoxy) is 3. The Kier molecular flexibility index (Phi) is 11.0. The lowest BCUT2D eigenvalue weighted by Crippen LogP contribution is -2.45. The van der Waals surface area contributed by atoms with Gasteiger partial charge in [-0.2, -0.15) is 0 Å². The van der Waals surface area contributed by atoms with E-state index in [2.05, 4.69) is 46.0 Å². The molecule has 6 heteroatoms. The number of carbonyl (C=O) groups is 1. The Morgan fingerprint density at radius 2 is 1.50 bits per heavy atom. The van der Waals surface area contributed by atoms with Crippen LogP contribution in [0, 0.1) is 0 Å². The smallest absolute Gasteiger partial charge is 0.192 e. The first-order valence-electron chi connectivity index (χ1n) is 12.1. The summed E-state index contributed by atoms with van der Waals surface area (Å²) < 4.78 is 24.5. The number of hydrogen-bond donors (Lipinski definition) is 0. The first-order valence-corrected chi connectivity index (χ1v) is 15.0. The highest BCUT2D eigenvalue weighted by Gasteiger charge is 2.40. The van der Waals surface area contributed by atoms with Gasteiger partial charge in [0, 0.05) is 12.8 Å². The molecule has 188 valence electrons. The molecule has 0 radical (unpaired) electrons. The van der Waals surface area contributed by atoms with Gasteiger partial charge >= 0.3 is 0 Å². The highest BCUT2D eigenvalue weighted by Crippen LogP contribution is 2.38. The summed E-state index contributed by atoms with van der Waals surface area (Å²) in [5, 5.41) is 0.0585. The topological polar surface area (TPSA) is 54.0 Å². The molecule has 0 amide bonds. The summed E-state index contributed by atoms with van der Waals surface area (Å²) in [5.41, 5.74) is 2.17. The van der Waals surface area contributed by atoms with Gasteiger partial charge in [-0.25, -0.2) is 0 Å². The highest BCUT2D eigenvalue weighted by atomic mass is 28.4. The summed E-state index contributed by atoms with van der Waals surface area (Å²) in [7, 11) is -0.389. The van der Waals surface area contributed by atoms with Crippen LogP contribution >= 0.6 is 0 Å². The molecule has 3 atom stereocenters. The SMILES string of the molecule is COc1ccc(CO[C@H](C[C@@H](CC=O)O[Si](C)(C)C(C)(C)C)[C@@H](C)OCc2ccccc2)cc1. The summed E-state index contributed by atoms with van der Waals surface area (Å²) in [6.45, 7) is 14.0. The molecule has 0 aromatic heterocycles. The van der Waals surface area contributed by atoms with Crippen molar-refractivity contribution in [1.29, 1.82) is 0 Å². The Labute approximate surface area is 206 Å². The Morgan fingerprint density at radius 3 is 2.06 bits per heavy atom. The van der Waals surface area contributed by atoms with Gasteiger partial charge in [0.05, 0.1) is 38.6 Å². The molecular weight excluding hydrogens is 444 g/mol. The van der Waals surface area contributed by atoms with Gasteiger partial charge < -0.3 is 23.4 Å². The molecule has 0 bridgehead atoms. The molecule has 0 aliphatic rings. The van der Waals surface area contributed by atoms with E-state index < -0.39 is 8.32 Å². The third kappa shape index (κ3) is 8.99. The second kappa shape index (κ2) is 13.2. The van der Waals surface area contributed by atoms with Crippen molar-refractivity contribution in [3.05, 3.63) is 65.7 Å². The molecule has 0 aliphatic carbocycles. The van der Waals surface area contributed by atoms with Gasteiger partial charge in [0.15, 0.2) is 8.32 Å². The molecular formula is C28H42O5Si. The van der Waals surface area contributed by atoms with Gasteiger partial charge in [0.1, 0.15) is 12.0 Å². The van der Waals surface area contributed by atoms with Crippen LogP contribution in [0.2, 0.25) is 18.1 Å². The van der Waals surface area contributed by atoms with Gasteiger partial charge in [-0.05, 0) is 48.3 Å². The maximum atomic E-state index is 11.5. The van der Waals surface area contributed by atoms with Crippen molar-refractivity contribution in [3.8, 4) is 5.75 Å². The monoisotopic (exact) mass is 486 g/mol. The fraction of sp³-hybridized carbons (Fsp3) is 0.536. The van der Waals surface area contributed by atoms with Crippen LogP contribution in [0.25, 0.3) is 0 Å². The first kappa shape index (κ1) is 28.2.